The highest BCUT2D eigenvalue weighted by Crippen LogP contribution is 2.27. The van der Waals surface area contributed by atoms with Crippen LogP contribution in [0.2, 0.25) is 0 Å². The molecule has 2 heterocycles. The van der Waals surface area contributed by atoms with Crippen molar-refractivity contribution >= 4 is 29.0 Å². The van der Waals surface area contributed by atoms with E-state index >= 15 is 0 Å². The van der Waals surface area contributed by atoms with E-state index in [1.54, 1.807) is 11.3 Å². The third-order valence-corrected chi connectivity index (χ3v) is 6.38. The van der Waals surface area contributed by atoms with Crippen LogP contribution in [-0.4, -0.2) is 46.9 Å². The first-order valence-corrected chi connectivity index (χ1v) is 9.72. The van der Waals surface area contributed by atoms with Crippen LogP contribution in [0.25, 0.3) is 0 Å². The fraction of sp³-hybridized carbons (Fsp3) is 0.733. The van der Waals surface area contributed by atoms with Gasteiger partial charge < -0.3 is 10.2 Å². The third kappa shape index (κ3) is 3.99. The first-order valence-electron chi connectivity index (χ1n) is 7.75. The highest BCUT2D eigenvalue weighted by Gasteiger charge is 2.21. The Hall–Kier alpha value is -0.590. The maximum atomic E-state index is 12.3. The standard InChI is InChI=1S/C15H23N3OS2/c1-18(15(19)8-11-10-20-7-6-16-11)9-14-17-12-4-2-3-5-13(12)21-14/h11,16H,2-10H2,1H3. The summed E-state index contributed by atoms with van der Waals surface area (Å²) in [6, 6.07) is 0.336. The van der Waals surface area contributed by atoms with Crippen molar-refractivity contribution in [2.45, 2.75) is 44.7 Å². The SMILES string of the molecule is CN(Cc1nc2c(s1)CCCC2)C(=O)CC1CSCCN1. The Balaban J connectivity index is 1.53. The molecule has 1 aliphatic heterocycles. The molecule has 0 bridgehead atoms. The number of thioether (sulfide) groups is 1. The van der Waals surface area contributed by atoms with Crippen molar-refractivity contribution in [2.75, 3.05) is 25.1 Å². The average molecular weight is 326 g/mol. The summed E-state index contributed by atoms with van der Waals surface area (Å²) >= 11 is 3.74. The summed E-state index contributed by atoms with van der Waals surface area (Å²) in [5.41, 5.74) is 1.28. The first kappa shape index (κ1) is 15.3. The van der Waals surface area contributed by atoms with Gasteiger partial charge in [-0.05, 0) is 25.7 Å². The van der Waals surface area contributed by atoms with Crippen LogP contribution in [0.1, 0.15) is 34.8 Å². The Bertz CT molecular complexity index is 474. The molecule has 1 atom stereocenters. The molecule has 6 heteroatoms. The summed E-state index contributed by atoms with van der Waals surface area (Å²) in [5.74, 6) is 2.43. The van der Waals surface area contributed by atoms with Gasteiger partial charge in [0.2, 0.25) is 5.91 Å². The number of nitrogens with one attached hydrogen (secondary N) is 1. The number of rotatable bonds is 4. The van der Waals surface area contributed by atoms with E-state index in [9.17, 15) is 4.79 Å². The second-order valence-corrected chi connectivity index (χ2v) is 8.18. The molecule has 1 aromatic rings. The van der Waals surface area contributed by atoms with Gasteiger partial charge in [0.1, 0.15) is 5.01 Å². The first-order chi connectivity index (χ1) is 10.2. The highest BCUT2D eigenvalue weighted by atomic mass is 32.2. The molecule has 1 N–H and O–H groups in total. The topological polar surface area (TPSA) is 45.2 Å². The van der Waals surface area contributed by atoms with Crippen molar-refractivity contribution in [3.8, 4) is 0 Å². The lowest BCUT2D eigenvalue weighted by Crippen LogP contribution is -2.41. The molecule has 1 aliphatic carbocycles. The molecular formula is C15H23N3OS2. The van der Waals surface area contributed by atoms with Crippen LogP contribution < -0.4 is 5.32 Å². The number of aryl methyl sites for hydroxylation is 2. The Morgan fingerprint density at radius 2 is 2.29 bits per heavy atom. The van der Waals surface area contributed by atoms with Crippen LogP contribution in [0, 0.1) is 0 Å². The largest absolute Gasteiger partial charge is 0.339 e. The van der Waals surface area contributed by atoms with E-state index in [2.05, 4.69) is 5.32 Å². The van der Waals surface area contributed by atoms with Crippen LogP contribution in [0.4, 0.5) is 0 Å². The molecule has 0 spiro atoms. The average Bonchev–Trinajstić information content (AvgIpc) is 2.90. The summed E-state index contributed by atoms with van der Waals surface area (Å²) in [6.45, 7) is 1.68. The van der Waals surface area contributed by atoms with Crippen molar-refractivity contribution < 1.29 is 4.79 Å². The Morgan fingerprint density at radius 1 is 1.43 bits per heavy atom. The van der Waals surface area contributed by atoms with Gasteiger partial charge in [0, 0.05) is 42.4 Å². The molecule has 0 aromatic carbocycles. The molecular weight excluding hydrogens is 302 g/mol. The summed E-state index contributed by atoms with van der Waals surface area (Å²) in [4.78, 5) is 20.3. The second kappa shape index (κ2) is 7.11. The monoisotopic (exact) mass is 325 g/mol. The lowest BCUT2D eigenvalue weighted by molar-refractivity contribution is -0.130. The maximum absolute atomic E-state index is 12.3. The molecule has 1 saturated heterocycles. The van der Waals surface area contributed by atoms with E-state index in [-0.39, 0.29) is 5.91 Å². The summed E-state index contributed by atoms with van der Waals surface area (Å²) < 4.78 is 0. The summed E-state index contributed by atoms with van der Waals surface area (Å²) in [6.07, 6.45) is 5.44. The molecule has 1 unspecified atom stereocenters. The summed E-state index contributed by atoms with van der Waals surface area (Å²) in [7, 11) is 1.90. The number of hydrogen-bond donors (Lipinski definition) is 1. The van der Waals surface area contributed by atoms with Crippen LogP contribution in [-0.2, 0) is 24.2 Å². The number of fused-ring (bicyclic) bond motifs is 1. The molecule has 0 saturated carbocycles. The molecule has 4 nitrogen and oxygen atoms in total. The zero-order chi connectivity index (χ0) is 14.7. The van der Waals surface area contributed by atoms with E-state index in [0.29, 0.717) is 19.0 Å². The Morgan fingerprint density at radius 3 is 3.05 bits per heavy atom. The molecule has 1 fully saturated rings. The third-order valence-electron chi connectivity index (χ3n) is 4.11. The van der Waals surface area contributed by atoms with Crippen molar-refractivity contribution in [3.63, 3.8) is 0 Å². The van der Waals surface area contributed by atoms with Gasteiger partial charge in [-0.1, -0.05) is 0 Å². The molecule has 2 aliphatic rings. The second-order valence-electron chi connectivity index (χ2n) is 5.86. The van der Waals surface area contributed by atoms with Gasteiger partial charge in [-0.3, -0.25) is 4.79 Å². The predicted octanol–water partition coefficient (Wildman–Crippen LogP) is 2.08. The van der Waals surface area contributed by atoms with Crippen molar-refractivity contribution in [1.29, 1.82) is 0 Å². The smallest absolute Gasteiger partial charge is 0.224 e. The Labute approximate surface area is 134 Å². The van der Waals surface area contributed by atoms with Crippen molar-refractivity contribution in [2.24, 2.45) is 0 Å². The molecule has 116 valence electrons. The quantitative estimate of drug-likeness (QED) is 0.920. The minimum atomic E-state index is 0.225. The lowest BCUT2D eigenvalue weighted by atomic mass is 10.0. The number of thiazole rings is 1. The van der Waals surface area contributed by atoms with Gasteiger partial charge in [0.05, 0.1) is 12.2 Å². The van der Waals surface area contributed by atoms with Crippen molar-refractivity contribution in [1.82, 2.24) is 15.2 Å². The molecule has 3 rings (SSSR count). The van der Waals surface area contributed by atoms with Crippen LogP contribution in [0.3, 0.4) is 0 Å². The van der Waals surface area contributed by atoms with Gasteiger partial charge in [-0.25, -0.2) is 4.98 Å². The number of carbonyl (C=O) groups excluding carboxylic acids is 1. The fourth-order valence-electron chi connectivity index (χ4n) is 2.88. The number of hydrogen-bond acceptors (Lipinski definition) is 5. The molecule has 0 radical (unpaired) electrons. The zero-order valence-corrected chi connectivity index (χ0v) is 14.2. The van der Waals surface area contributed by atoms with Gasteiger partial charge >= 0.3 is 0 Å². The number of aromatic nitrogens is 1. The highest BCUT2D eigenvalue weighted by molar-refractivity contribution is 7.99. The minimum absolute atomic E-state index is 0.225. The molecule has 1 amide bonds. The minimum Gasteiger partial charge on any atom is -0.339 e. The van der Waals surface area contributed by atoms with Crippen molar-refractivity contribution in [3.05, 3.63) is 15.6 Å². The predicted molar refractivity (Wildman–Crippen MR) is 89.0 cm³/mol. The summed E-state index contributed by atoms with van der Waals surface area (Å²) in [5, 5.41) is 4.53. The van der Waals surface area contributed by atoms with Crippen LogP contribution in [0.15, 0.2) is 0 Å². The number of nitrogens with zero attached hydrogens (tertiary/aromatic N) is 2. The van der Waals surface area contributed by atoms with E-state index < -0.39 is 0 Å². The zero-order valence-electron chi connectivity index (χ0n) is 12.6. The van der Waals surface area contributed by atoms with Gasteiger partial charge in [0.15, 0.2) is 0 Å². The van der Waals surface area contributed by atoms with Gasteiger partial charge in [0.25, 0.3) is 0 Å². The fourth-order valence-corrected chi connectivity index (χ4v) is 5.04. The van der Waals surface area contributed by atoms with E-state index in [1.165, 1.54) is 29.8 Å². The van der Waals surface area contributed by atoms with E-state index in [0.717, 1.165) is 29.5 Å². The van der Waals surface area contributed by atoms with E-state index in [1.807, 2.05) is 23.7 Å². The van der Waals surface area contributed by atoms with Gasteiger partial charge in [-0.15, -0.1) is 11.3 Å². The molecule has 1 aromatic heterocycles. The van der Waals surface area contributed by atoms with Gasteiger partial charge in [-0.2, -0.15) is 11.8 Å². The number of amides is 1. The lowest BCUT2D eigenvalue weighted by Gasteiger charge is -2.25. The number of carbonyl (C=O) groups is 1. The normalized spacial score (nSPS) is 21.9. The maximum Gasteiger partial charge on any atom is 0.224 e. The Kier molecular flexibility index (Phi) is 5.19. The van der Waals surface area contributed by atoms with Crippen LogP contribution >= 0.6 is 23.1 Å². The van der Waals surface area contributed by atoms with E-state index in [4.69, 9.17) is 4.98 Å². The molecule has 21 heavy (non-hydrogen) atoms. The van der Waals surface area contributed by atoms with Crippen LogP contribution in [0.5, 0.6) is 0 Å².